The summed E-state index contributed by atoms with van der Waals surface area (Å²) in [5.74, 6) is 0.369. The first kappa shape index (κ1) is 22.3. The second-order valence-corrected chi connectivity index (χ2v) is 8.62. The van der Waals surface area contributed by atoms with E-state index in [4.69, 9.17) is 4.74 Å². The Hall–Kier alpha value is -3.86. The maximum absolute atomic E-state index is 13.6. The molecule has 0 saturated carbocycles. The molecule has 1 aliphatic heterocycles. The van der Waals surface area contributed by atoms with Crippen molar-refractivity contribution in [2.75, 3.05) is 17.3 Å². The van der Waals surface area contributed by atoms with Crippen molar-refractivity contribution in [1.82, 2.24) is 0 Å². The lowest BCUT2D eigenvalue weighted by atomic mass is 10.0. The molecule has 5 nitrogen and oxygen atoms in total. The number of carbonyl (C=O) groups excluding carboxylic acids is 2. The Morgan fingerprint density at radius 3 is 2.09 bits per heavy atom. The number of carbonyl (C=O) groups is 2. The molecule has 2 amide bonds. The number of hydrogen-bond donors (Lipinski definition) is 1. The molecule has 168 valence electrons. The number of ether oxygens (including phenoxy) is 1. The Balaban J connectivity index is 1.79. The van der Waals surface area contributed by atoms with Gasteiger partial charge in [0, 0.05) is 5.69 Å². The number of aryl methyl sites for hydroxylation is 2. The van der Waals surface area contributed by atoms with Gasteiger partial charge in [0.25, 0.3) is 11.8 Å². The van der Waals surface area contributed by atoms with Crippen LogP contribution in [0.1, 0.15) is 42.0 Å². The van der Waals surface area contributed by atoms with Crippen molar-refractivity contribution in [1.29, 1.82) is 0 Å². The topological polar surface area (TPSA) is 58.6 Å². The summed E-state index contributed by atoms with van der Waals surface area (Å²) in [6.45, 7) is 8.16. The monoisotopic (exact) mass is 440 g/mol. The minimum absolute atomic E-state index is 0.266. The summed E-state index contributed by atoms with van der Waals surface area (Å²) >= 11 is 0. The summed E-state index contributed by atoms with van der Waals surface area (Å²) in [5.41, 5.74) is 5.75. The Labute approximate surface area is 194 Å². The number of nitrogens with one attached hydrogen (secondary N) is 1. The molecule has 0 aromatic heterocycles. The number of rotatable bonds is 6. The number of anilines is 2. The molecule has 33 heavy (non-hydrogen) atoms. The molecule has 0 aliphatic carbocycles. The molecule has 0 atom stereocenters. The van der Waals surface area contributed by atoms with Crippen molar-refractivity contribution < 1.29 is 14.3 Å². The lowest BCUT2D eigenvalue weighted by Gasteiger charge is -2.18. The van der Waals surface area contributed by atoms with Crippen molar-refractivity contribution in [2.45, 2.75) is 33.6 Å². The summed E-state index contributed by atoms with van der Waals surface area (Å²) in [4.78, 5) is 28.5. The largest absolute Gasteiger partial charge is 0.497 e. The van der Waals surface area contributed by atoms with Crippen molar-refractivity contribution in [3.63, 3.8) is 0 Å². The molecule has 0 spiro atoms. The van der Waals surface area contributed by atoms with Gasteiger partial charge in [-0.15, -0.1) is 0 Å². The average Bonchev–Trinajstić information content (AvgIpc) is 3.04. The van der Waals surface area contributed by atoms with E-state index in [-0.39, 0.29) is 17.5 Å². The van der Waals surface area contributed by atoms with Gasteiger partial charge in [-0.25, -0.2) is 4.90 Å². The lowest BCUT2D eigenvalue weighted by Crippen LogP contribution is -2.33. The van der Waals surface area contributed by atoms with Crippen molar-refractivity contribution in [2.24, 2.45) is 0 Å². The van der Waals surface area contributed by atoms with Crippen molar-refractivity contribution in [3.05, 3.63) is 94.7 Å². The first-order chi connectivity index (χ1) is 15.8. The summed E-state index contributed by atoms with van der Waals surface area (Å²) in [7, 11) is 1.59. The van der Waals surface area contributed by atoms with Crippen LogP contribution < -0.4 is 15.0 Å². The van der Waals surface area contributed by atoms with Gasteiger partial charge < -0.3 is 10.1 Å². The fourth-order valence-electron chi connectivity index (χ4n) is 4.04. The molecule has 0 radical (unpaired) electrons. The van der Waals surface area contributed by atoms with Gasteiger partial charge in [0.1, 0.15) is 11.4 Å². The molecule has 4 rings (SSSR count). The first-order valence-electron chi connectivity index (χ1n) is 11.0. The van der Waals surface area contributed by atoms with Crippen LogP contribution in [0.15, 0.2) is 72.4 Å². The molecular formula is C28H28N2O3. The maximum Gasteiger partial charge on any atom is 0.282 e. The van der Waals surface area contributed by atoms with Crippen molar-refractivity contribution in [3.8, 4) is 5.75 Å². The second kappa shape index (κ2) is 8.94. The van der Waals surface area contributed by atoms with Gasteiger partial charge in [0.15, 0.2) is 0 Å². The number of nitrogens with zero attached hydrogens (tertiary/aromatic N) is 1. The second-order valence-electron chi connectivity index (χ2n) is 8.62. The summed E-state index contributed by atoms with van der Waals surface area (Å²) in [6, 6.07) is 20.8. The zero-order valence-corrected chi connectivity index (χ0v) is 19.6. The highest BCUT2D eigenvalue weighted by Gasteiger charge is 2.40. The van der Waals surface area contributed by atoms with E-state index >= 15 is 0 Å². The summed E-state index contributed by atoms with van der Waals surface area (Å²) in [6.07, 6.45) is 0. The Morgan fingerprint density at radius 1 is 0.848 bits per heavy atom. The third-order valence-corrected chi connectivity index (χ3v) is 5.90. The number of hydrogen-bond acceptors (Lipinski definition) is 4. The van der Waals surface area contributed by atoms with Crippen LogP contribution in [-0.2, 0) is 9.59 Å². The van der Waals surface area contributed by atoms with Crippen LogP contribution in [0, 0.1) is 13.8 Å². The predicted molar refractivity (Wildman–Crippen MR) is 132 cm³/mol. The first-order valence-corrected chi connectivity index (χ1v) is 11.0. The zero-order valence-electron chi connectivity index (χ0n) is 19.6. The zero-order chi connectivity index (χ0) is 23.7. The Bertz CT molecular complexity index is 1240. The normalized spacial score (nSPS) is 13.8. The van der Waals surface area contributed by atoms with E-state index in [0.717, 1.165) is 16.8 Å². The number of benzene rings is 3. The Kier molecular flexibility index (Phi) is 6.05. The van der Waals surface area contributed by atoms with E-state index in [1.807, 2.05) is 56.3 Å². The van der Waals surface area contributed by atoms with Gasteiger partial charge in [-0.3, -0.25) is 9.59 Å². The number of amides is 2. The molecule has 3 aromatic rings. The molecule has 0 unspecified atom stereocenters. The van der Waals surface area contributed by atoms with E-state index in [1.165, 1.54) is 10.5 Å². The van der Waals surface area contributed by atoms with Crippen LogP contribution in [0.3, 0.4) is 0 Å². The van der Waals surface area contributed by atoms with E-state index in [1.54, 1.807) is 31.4 Å². The van der Waals surface area contributed by atoms with Gasteiger partial charge in [0.05, 0.1) is 18.4 Å². The smallest absolute Gasteiger partial charge is 0.282 e. The van der Waals surface area contributed by atoms with Gasteiger partial charge in [-0.05, 0) is 66.8 Å². The van der Waals surface area contributed by atoms with Crippen LogP contribution >= 0.6 is 0 Å². The van der Waals surface area contributed by atoms with Crippen LogP contribution in [0.5, 0.6) is 5.75 Å². The molecule has 5 heteroatoms. The highest BCUT2D eigenvalue weighted by atomic mass is 16.5. The van der Waals surface area contributed by atoms with Gasteiger partial charge >= 0.3 is 0 Å². The van der Waals surface area contributed by atoms with Crippen molar-refractivity contribution >= 4 is 28.8 Å². The van der Waals surface area contributed by atoms with Crippen LogP contribution in [0.4, 0.5) is 11.4 Å². The quantitative estimate of drug-likeness (QED) is 0.490. The van der Waals surface area contributed by atoms with E-state index < -0.39 is 0 Å². The third-order valence-electron chi connectivity index (χ3n) is 5.90. The summed E-state index contributed by atoms with van der Waals surface area (Å²) < 4.78 is 5.26. The number of imide groups is 1. The Morgan fingerprint density at radius 2 is 1.52 bits per heavy atom. The molecule has 0 fully saturated rings. The molecule has 3 aromatic carbocycles. The number of methoxy groups -OCH3 is 1. The van der Waals surface area contributed by atoms with Crippen LogP contribution in [-0.4, -0.2) is 18.9 Å². The average molecular weight is 441 g/mol. The molecule has 1 N–H and O–H groups in total. The molecule has 1 aliphatic rings. The van der Waals surface area contributed by atoms with Gasteiger partial charge in [-0.1, -0.05) is 55.8 Å². The SMILES string of the molecule is COc1ccc(C2=C(Nc3ccc(C(C)C)cc3)C(=O)N(c3ccc(C)cc3C)C2=O)cc1. The molecule has 1 heterocycles. The minimum atomic E-state index is -0.370. The maximum atomic E-state index is 13.6. The minimum Gasteiger partial charge on any atom is -0.497 e. The standard InChI is InChI=1S/C28H28N2O3/c1-17(2)20-7-11-22(12-8-20)29-26-25(21-9-13-23(33-5)14-10-21)27(31)30(28(26)32)24-15-6-18(3)16-19(24)4/h6-17,29H,1-5H3. The fourth-order valence-corrected chi connectivity index (χ4v) is 4.04. The van der Waals surface area contributed by atoms with Crippen LogP contribution in [0.25, 0.3) is 5.57 Å². The predicted octanol–water partition coefficient (Wildman–Crippen LogP) is 5.83. The summed E-state index contributed by atoms with van der Waals surface area (Å²) in [5, 5.41) is 3.23. The van der Waals surface area contributed by atoms with E-state index in [2.05, 4.69) is 19.2 Å². The third kappa shape index (κ3) is 4.27. The van der Waals surface area contributed by atoms with E-state index in [9.17, 15) is 9.59 Å². The molecule has 0 bridgehead atoms. The fraction of sp³-hybridized carbons (Fsp3) is 0.214. The van der Waals surface area contributed by atoms with Gasteiger partial charge in [0.2, 0.25) is 0 Å². The molecule has 0 saturated heterocycles. The molecular weight excluding hydrogens is 412 g/mol. The van der Waals surface area contributed by atoms with Crippen LogP contribution in [0.2, 0.25) is 0 Å². The van der Waals surface area contributed by atoms with E-state index in [0.29, 0.717) is 28.5 Å². The van der Waals surface area contributed by atoms with Gasteiger partial charge in [-0.2, -0.15) is 0 Å². The lowest BCUT2D eigenvalue weighted by molar-refractivity contribution is -0.120. The highest BCUT2D eigenvalue weighted by Crippen LogP contribution is 2.36. The highest BCUT2D eigenvalue weighted by molar-refractivity contribution is 6.46.